The molecule has 2 nitrogen and oxygen atoms in total. The fourth-order valence-corrected chi connectivity index (χ4v) is 1.96. The molecular weight excluding hydrogens is 228 g/mol. The van der Waals surface area contributed by atoms with Crippen LogP contribution in [0.2, 0.25) is 19.6 Å². The first-order valence-electron chi connectivity index (χ1n) is 5.59. The predicted molar refractivity (Wildman–Crippen MR) is 72.6 cm³/mol. The van der Waals surface area contributed by atoms with Gasteiger partial charge < -0.3 is 4.74 Å². The number of ether oxygens (including phenoxy) is 1. The second kappa shape index (κ2) is 5.69. The summed E-state index contributed by atoms with van der Waals surface area (Å²) in [6.07, 6.45) is 0.690. The molecule has 0 N–H and O–H groups in total. The van der Waals surface area contributed by atoms with Crippen molar-refractivity contribution in [2.75, 3.05) is 7.11 Å². The maximum Gasteiger partial charge on any atom is 0.337 e. The highest BCUT2D eigenvalue weighted by molar-refractivity contribution is 6.83. The summed E-state index contributed by atoms with van der Waals surface area (Å²) >= 11 is 0. The number of esters is 1. The average Bonchev–Trinajstić information content (AvgIpc) is 2.27. The third-order valence-corrected chi connectivity index (χ3v) is 3.03. The fraction of sp³-hybridized carbons (Fsp3) is 0.357. The van der Waals surface area contributed by atoms with Crippen LogP contribution in [0.15, 0.2) is 24.3 Å². The van der Waals surface area contributed by atoms with Gasteiger partial charge >= 0.3 is 5.97 Å². The van der Waals surface area contributed by atoms with Crippen molar-refractivity contribution in [2.24, 2.45) is 0 Å². The molecule has 0 unspecified atom stereocenters. The zero-order chi connectivity index (χ0) is 12.9. The number of carbonyl (C=O) groups excluding carboxylic acids is 1. The van der Waals surface area contributed by atoms with Crippen LogP contribution in [0.3, 0.4) is 0 Å². The molecule has 1 rings (SSSR count). The number of hydrogen-bond acceptors (Lipinski definition) is 2. The summed E-state index contributed by atoms with van der Waals surface area (Å²) in [5.74, 6) is 2.88. The van der Waals surface area contributed by atoms with Crippen molar-refractivity contribution in [3.05, 3.63) is 35.4 Å². The van der Waals surface area contributed by atoms with Crippen LogP contribution in [-0.4, -0.2) is 21.2 Å². The molecule has 0 aromatic heterocycles. The smallest absolute Gasteiger partial charge is 0.337 e. The van der Waals surface area contributed by atoms with E-state index in [1.54, 1.807) is 6.07 Å². The van der Waals surface area contributed by atoms with Gasteiger partial charge in [-0.05, 0) is 17.7 Å². The van der Waals surface area contributed by atoms with Crippen molar-refractivity contribution in [2.45, 2.75) is 26.1 Å². The summed E-state index contributed by atoms with van der Waals surface area (Å²) in [6, 6.07) is 7.43. The molecule has 1 aromatic carbocycles. The van der Waals surface area contributed by atoms with Crippen LogP contribution in [0.25, 0.3) is 0 Å². The maximum absolute atomic E-state index is 11.3. The molecule has 0 saturated carbocycles. The van der Waals surface area contributed by atoms with Gasteiger partial charge in [0.15, 0.2) is 0 Å². The summed E-state index contributed by atoms with van der Waals surface area (Å²) in [4.78, 5) is 11.3. The van der Waals surface area contributed by atoms with Gasteiger partial charge in [0, 0.05) is 6.42 Å². The minimum absolute atomic E-state index is 0.301. The highest BCUT2D eigenvalue weighted by Crippen LogP contribution is 2.07. The first-order valence-corrected chi connectivity index (χ1v) is 9.09. The minimum Gasteiger partial charge on any atom is -0.465 e. The Balaban J connectivity index is 2.79. The second-order valence-electron chi connectivity index (χ2n) is 4.92. The van der Waals surface area contributed by atoms with Crippen LogP contribution in [0.1, 0.15) is 15.9 Å². The van der Waals surface area contributed by atoms with Gasteiger partial charge in [0.05, 0.1) is 12.7 Å². The monoisotopic (exact) mass is 246 g/mol. The number of carbonyl (C=O) groups is 1. The molecule has 17 heavy (non-hydrogen) atoms. The van der Waals surface area contributed by atoms with Crippen LogP contribution in [0.5, 0.6) is 0 Å². The average molecular weight is 246 g/mol. The van der Waals surface area contributed by atoms with Crippen LogP contribution in [0, 0.1) is 11.5 Å². The molecule has 0 heterocycles. The van der Waals surface area contributed by atoms with Gasteiger partial charge in [0.25, 0.3) is 0 Å². The summed E-state index contributed by atoms with van der Waals surface area (Å²) in [5, 5.41) is 0. The van der Waals surface area contributed by atoms with Crippen molar-refractivity contribution < 1.29 is 9.53 Å². The number of methoxy groups -OCH3 is 1. The van der Waals surface area contributed by atoms with Crippen molar-refractivity contribution in [1.29, 1.82) is 0 Å². The Morgan fingerprint density at radius 1 is 1.35 bits per heavy atom. The second-order valence-corrected chi connectivity index (χ2v) is 9.67. The SMILES string of the molecule is COC(=O)c1cccc(CC#C[Si](C)(C)C)c1. The van der Waals surface area contributed by atoms with E-state index in [9.17, 15) is 4.79 Å². The van der Waals surface area contributed by atoms with E-state index in [4.69, 9.17) is 0 Å². The van der Waals surface area contributed by atoms with Gasteiger partial charge in [0.1, 0.15) is 8.07 Å². The van der Waals surface area contributed by atoms with Crippen molar-refractivity contribution >= 4 is 14.0 Å². The molecule has 0 radical (unpaired) electrons. The van der Waals surface area contributed by atoms with Crippen LogP contribution >= 0.6 is 0 Å². The normalized spacial score (nSPS) is 10.4. The van der Waals surface area contributed by atoms with Crippen molar-refractivity contribution in [3.8, 4) is 11.5 Å². The van der Waals surface area contributed by atoms with Gasteiger partial charge in [-0.1, -0.05) is 31.8 Å². The molecule has 0 atom stereocenters. The predicted octanol–water partition coefficient (Wildman–Crippen LogP) is 2.90. The van der Waals surface area contributed by atoms with E-state index in [-0.39, 0.29) is 5.97 Å². The quantitative estimate of drug-likeness (QED) is 0.455. The van der Waals surface area contributed by atoms with Crippen molar-refractivity contribution in [1.82, 2.24) is 0 Å². The van der Waals surface area contributed by atoms with E-state index >= 15 is 0 Å². The standard InChI is InChI=1S/C14H18O2Si/c1-16-14(15)13-9-5-7-12(11-13)8-6-10-17(2,3)4/h5,7,9,11H,8H2,1-4H3. The maximum atomic E-state index is 11.3. The Bertz CT molecular complexity index is 461. The Morgan fingerprint density at radius 3 is 2.65 bits per heavy atom. The van der Waals surface area contributed by atoms with E-state index in [1.807, 2.05) is 18.2 Å². The van der Waals surface area contributed by atoms with E-state index in [0.717, 1.165) is 5.56 Å². The lowest BCUT2D eigenvalue weighted by atomic mass is 10.1. The zero-order valence-electron chi connectivity index (χ0n) is 10.8. The van der Waals surface area contributed by atoms with Crippen LogP contribution in [-0.2, 0) is 11.2 Å². The molecule has 0 amide bonds. The summed E-state index contributed by atoms with van der Waals surface area (Å²) in [7, 11) is 0.0828. The number of hydrogen-bond donors (Lipinski definition) is 0. The first-order chi connectivity index (χ1) is 7.92. The summed E-state index contributed by atoms with van der Waals surface area (Å²) < 4.78 is 4.68. The highest BCUT2D eigenvalue weighted by Gasteiger charge is 2.07. The fourth-order valence-electron chi connectivity index (χ4n) is 1.34. The van der Waals surface area contributed by atoms with E-state index in [2.05, 4.69) is 35.8 Å². The molecule has 0 aliphatic carbocycles. The van der Waals surface area contributed by atoms with E-state index in [1.165, 1.54) is 7.11 Å². The molecule has 0 spiro atoms. The largest absolute Gasteiger partial charge is 0.465 e. The number of benzene rings is 1. The Kier molecular flexibility index (Phi) is 4.53. The van der Waals surface area contributed by atoms with Gasteiger partial charge in [-0.3, -0.25) is 0 Å². The molecule has 3 heteroatoms. The van der Waals surface area contributed by atoms with Gasteiger partial charge in [0.2, 0.25) is 0 Å². The molecule has 0 aliphatic rings. The molecule has 90 valence electrons. The van der Waals surface area contributed by atoms with Crippen LogP contribution < -0.4 is 0 Å². The Labute approximate surface area is 104 Å². The summed E-state index contributed by atoms with van der Waals surface area (Å²) in [6.45, 7) is 6.64. The molecule has 0 fully saturated rings. The molecular formula is C14H18O2Si. The van der Waals surface area contributed by atoms with E-state index < -0.39 is 8.07 Å². The molecule has 0 saturated heterocycles. The Hall–Kier alpha value is -1.53. The summed E-state index contributed by atoms with van der Waals surface area (Å²) in [5.41, 5.74) is 4.94. The Morgan fingerprint density at radius 2 is 2.06 bits per heavy atom. The zero-order valence-corrected chi connectivity index (χ0v) is 11.8. The molecule has 0 aliphatic heterocycles. The number of rotatable bonds is 2. The van der Waals surface area contributed by atoms with Gasteiger partial charge in [-0.2, -0.15) is 0 Å². The third kappa shape index (κ3) is 4.88. The lowest BCUT2D eigenvalue weighted by Gasteiger charge is -2.04. The lowest BCUT2D eigenvalue weighted by molar-refractivity contribution is 0.0600. The first kappa shape index (κ1) is 13.5. The molecule has 0 bridgehead atoms. The molecule has 1 aromatic rings. The van der Waals surface area contributed by atoms with Crippen LogP contribution in [0.4, 0.5) is 0 Å². The van der Waals surface area contributed by atoms with E-state index in [0.29, 0.717) is 12.0 Å². The lowest BCUT2D eigenvalue weighted by Crippen LogP contribution is -2.16. The van der Waals surface area contributed by atoms with Crippen molar-refractivity contribution in [3.63, 3.8) is 0 Å². The minimum atomic E-state index is -1.31. The van der Waals surface area contributed by atoms with Gasteiger partial charge in [-0.25, -0.2) is 4.79 Å². The topological polar surface area (TPSA) is 26.3 Å². The highest BCUT2D eigenvalue weighted by atomic mass is 28.3. The third-order valence-electron chi connectivity index (χ3n) is 2.10. The van der Waals surface area contributed by atoms with Gasteiger partial charge in [-0.15, -0.1) is 11.5 Å².